The lowest BCUT2D eigenvalue weighted by atomic mass is 9.91. The molecule has 7 atom stereocenters. The Labute approximate surface area is 309 Å². The van der Waals surface area contributed by atoms with Gasteiger partial charge in [-0.15, -0.1) is 0 Å². The van der Waals surface area contributed by atoms with E-state index in [0.29, 0.717) is 24.2 Å². The molecule has 0 radical (unpaired) electrons. The Morgan fingerprint density at radius 1 is 0.923 bits per heavy atom. The van der Waals surface area contributed by atoms with E-state index >= 15 is 0 Å². The van der Waals surface area contributed by atoms with Gasteiger partial charge in [-0.2, -0.15) is 5.10 Å². The normalized spacial score (nSPS) is 25.7. The Balaban J connectivity index is 1.01. The van der Waals surface area contributed by atoms with Crippen LogP contribution in [0.25, 0.3) is 5.52 Å². The number of benzene rings is 1. The van der Waals surface area contributed by atoms with Crippen LogP contribution in [-0.2, 0) is 35.1 Å². The van der Waals surface area contributed by atoms with Crippen molar-refractivity contribution in [1.29, 1.82) is 0 Å². The molecular formula is C39H61N4O8P. The third kappa shape index (κ3) is 10.4. The van der Waals surface area contributed by atoms with Gasteiger partial charge in [-0.25, -0.2) is 14.1 Å². The van der Waals surface area contributed by atoms with Crippen LogP contribution in [0.4, 0.5) is 5.82 Å². The fourth-order valence-corrected chi connectivity index (χ4v) is 8.69. The van der Waals surface area contributed by atoms with Gasteiger partial charge in [-0.3, -0.25) is 9.05 Å². The lowest BCUT2D eigenvalue weighted by molar-refractivity contribution is -0.127. The predicted octanol–water partition coefficient (Wildman–Crippen LogP) is 7.42. The van der Waals surface area contributed by atoms with Crippen molar-refractivity contribution in [1.82, 2.24) is 14.6 Å². The van der Waals surface area contributed by atoms with Gasteiger partial charge in [0.05, 0.1) is 18.4 Å². The SMILES string of the molecule is CCCCCCCCCCCCCCCCCCOC[C@H](Cc1ccccc1)OP(=O)(O)OC1[C@H]2O[C@@](C)(c3ccc4c(N)ncnn34)[C@H](O)[C@@]12O. The Bertz CT molecular complexity index is 1560. The standard InChI is InChI=1S/C39H61N4O8P/c1-3-4-5-6-7-8-9-10-11-12-13-14-15-16-17-21-26-48-28-31(27-30-22-19-18-20-23-30)50-52(46,47)51-35-34-39(35,45)37(44)38(2,49-34)33-25-24-32-36(40)41-29-42-43(32)33/h18-20,22-25,29,31,34-35,37,44-45H,3-17,21,26-28H2,1-2H3,(H,46,47)(H2,40,41,42)/t31-,34+,35?,37-,38-,39-/m0/s1. The first kappa shape index (κ1) is 40.8. The summed E-state index contributed by atoms with van der Waals surface area (Å²) in [6, 6.07) is 12.9. The first-order valence-electron chi connectivity index (χ1n) is 19.6. The van der Waals surface area contributed by atoms with Crippen LogP contribution in [0.1, 0.15) is 128 Å². The van der Waals surface area contributed by atoms with E-state index in [9.17, 15) is 19.7 Å². The highest BCUT2D eigenvalue weighted by atomic mass is 31.2. The predicted molar refractivity (Wildman–Crippen MR) is 201 cm³/mol. The van der Waals surface area contributed by atoms with Crippen LogP contribution in [0.5, 0.6) is 0 Å². The number of nitrogens with zero attached hydrogens (tertiary/aromatic N) is 3. The number of phosphoric acid groups is 1. The molecule has 1 aliphatic heterocycles. The second kappa shape index (κ2) is 19.3. The van der Waals surface area contributed by atoms with Gasteiger partial charge in [0.1, 0.15) is 35.8 Å². The van der Waals surface area contributed by atoms with Crippen molar-refractivity contribution >= 4 is 19.2 Å². The molecule has 1 saturated carbocycles. The number of anilines is 1. The average Bonchev–Trinajstić information content (AvgIpc) is 3.37. The maximum atomic E-state index is 13.3. The quantitative estimate of drug-likeness (QED) is 0.0476. The molecule has 2 aromatic heterocycles. The Morgan fingerprint density at radius 3 is 2.10 bits per heavy atom. The molecule has 1 aliphatic carbocycles. The fourth-order valence-electron chi connectivity index (χ4n) is 7.56. The lowest BCUT2D eigenvalue weighted by Crippen LogP contribution is -2.46. The zero-order chi connectivity index (χ0) is 37.0. The van der Waals surface area contributed by atoms with Crippen LogP contribution in [0.2, 0.25) is 0 Å². The van der Waals surface area contributed by atoms with E-state index in [0.717, 1.165) is 18.4 Å². The van der Waals surface area contributed by atoms with Gasteiger partial charge in [0, 0.05) is 13.0 Å². The number of fused-ring (bicyclic) bond motifs is 2. The number of nitrogens with two attached hydrogens (primary N) is 1. The summed E-state index contributed by atoms with van der Waals surface area (Å²) >= 11 is 0. The van der Waals surface area contributed by atoms with E-state index in [-0.39, 0.29) is 12.4 Å². The summed E-state index contributed by atoms with van der Waals surface area (Å²) in [7, 11) is -4.72. The Kier molecular flexibility index (Phi) is 15.1. The summed E-state index contributed by atoms with van der Waals surface area (Å²) in [5.41, 5.74) is 4.50. The third-order valence-corrected chi connectivity index (χ3v) is 11.7. The third-order valence-electron chi connectivity index (χ3n) is 10.7. The number of hydrogen-bond acceptors (Lipinski definition) is 10. The summed E-state index contributed by atoms with van der Waals surface area (Å²) in [4.78, 5) is 14.8. The van der Waals surface area contributed by atoms with Crippen molar-refractivity contribution in [3.63, 3.8) is 0 Å². The molecule has 12 nitrogen and oxygen atoms in total. The molecule has 2 aliphatic rings. The molecule has 1 saturated heterocycles. The molecule has 0 amide bonds. The van der Waals surface area contributed by atoms with Gasteiger partial charge >= 0.3 is 7.82 Å². The number of rotatable bonds is 26. The van der Waals surface area contributed by atoms with Crippen molar-refractivity contribution in [3.05, 3.63) is 60.0 Å². The summed E-state index contributed by atoms with van der Waals surface area (Å²) < 4.78 is 37.9. The molecule has 2 fully saturated rings. The topological polar surface area (TPSA) is 171 Å². The second-order valence-corrected chi connectivity index (χ2v) is 16.2. The molecule has 290 valence electrons. The van der Waals surface area contributed by atoms with Crippen LogP contribution < -0.4 is 5.73 Å². The highest BCUT2D eigenvalue weighted by Gasteiger charge is 2.82. The monoisotopic (exact) mass is 744 g/mol. The molecule has 3 heterocycles. The molecule has 5 rings (SSSR count). The van der Waals surface area contributed by atoms with Crippen LogP contribution in [0.15, 0.2) is 48.8 Å². The van der Waals surface area contributed by atoms with Crippen LogP contribution in [0, 0.1) is 0 Å². The molecule has 0 bridgehead atoms. The summed E-state index contributed by atoms with van der Waals surface area (Å²) in [6.45, 7) is 4.50. The van der Waals surface area contributed by atoms with Gasteiger partial charge < -0.3 is 30.3 Å². The maximum absolute atomic E-state index is 13.3. The molecule has 1 aromatic carbocycles. The van der Waals surface area contributed by atoms with E-state index in [2.05, 4.69) is 17.0 Å². The highest BCUT2D eigenvalue weighted by Crippen LogP contribution is 2.63. The first-order valence-corrected chi connectivity index (χ1v) is 21.1. The van der Waals surface area contributed by atoms with Crippen molar-refractivity contribution < 1.29 is 38.2 Å². The summed E-state index contributed by atoms with van der Waals surface area (Å²) in [5.74, 6) is 0.250. The molecular weight excluding hydrogens is 683 g/mol. The van der Waals surface area contributed by atoms with Crippen LogP contribution in [0.3, 0.4) is 0 Å². The number of aromatic nitrogens is 3. The zero-order valence-electron chi connectivity index (χ0n) is 31.1. The van der Waals surface area contributed by atoms with E-state index in [1.54, 1.807) is 19.1 Å². The van der Waals surface area contributed by atoms with Crippen molar-refractivity contribution in [2.24, 2.45) is 0 Å². The number of aliphatic hydroxyl groups is 2. The summed E-state index contributed by atoms with van der Waals surface area (Å²) in [5, 5.41) is 26.9. The minimum Gasteiger partial charge on any atom is -0.386 e. The van der Waals surface area contributed by atoms with E-state index < -0.39 is 43.4 Å². The van der Waals surface area contributed by atoms with E-state index in [4.69, 9.17) is 24.3 Å². The van der Waals surface area contributed by atoms with Gasteiger partial charge in [-0.1, -0.05) is 134 Å². The van der Waals surface area contributed by atoms with Gasteiger partial charge in [0.15, 0.2) is 11.4 Å². The number of phosphoric ester groups is 1. The van der Waals surface area contributed by atoms with Gasteiger partial charge in [-0.05, 0) is 31.0 Å². The molecule has 52 heavy (non-hydrogen) atoms. The number of aliphatic hydroxyl groups excluding tert-OH is 1. The van der Waals surface area contributed by atoms with Gasteiger partial charge in [0.25, 0.3) is 0 Å². The molecule has 3 aromatic rings. The van der Waals surface area contributed by atoms with Crippen molar-refractivity contribution in [2.75, 3.05) is 18.9 Å². The molecule has 2 unspecified atom stereocenters. The fraction of sp³-hybridized carbons (Fsp3) is 0.692. The van der Waals surface area contributed by atoms with E-state index in [1.165, 1.54) is 101 Å². The minimum atomic E-state index is -4.72. The van der Waals surface area contributed by atoms with Crippen molar-refractivity contribution in [2.45, 2.75) is 159 Å². The van der Waals surface area contributed by atoms with Crippen molar-refractivity contribution in [3.8, 4) is 0 Å². The van der Waals surface area contributed by atoms with Gasteiger partial charge in [0.2, 0.25) is 0 Å². The van der Waals surface area contributed by atoms with Crippen LogP contribution >= 0.6 is 7.82 Å². The minimum absolute atomic E-state index is 0.101. The number of ether oxygens (including phenoxy) is 2. The number of unbranched alkanes of at least 4 members (excludes halogenated alkanes) is 15. The molecule has 0 spiro atoms. The second-order valence-electron chi connectivity index (χ2n) is 14.9. The van der Waals surface area contributed by atoms with Crippen LogP contribution in [-0.4, -0.2) is 72.9 Å². The zero-order valence-corrected chi connectivity index (χ0v) is 32.0. The average molecular weight is 745 g/mol. The number of hydrogen-bond donors (Lipinski definition) is 4. The highest BCUT2D eigenvalue weighted by molar-refractivity contribution is 7.47. The van der Waals surface area contributed by atoms with E-state index in [1.807, 2.05) is 30.3 Å². The first-order chi connectivity index (χ1) is 25.1. The largest absolute Gasteiger partial charge is 0.473 e. The lowest BCUT2D eigenvalue weighted by Gasteiger charge is -2.32. The summed E-state index contributed by atoms with van der Waals surface area (Å²) in [6.07, 6.45) is 17.7. The Hall–Kier alpha value is -2.41. The number of nitrogen functional groups attached to an aromatic ring is 1. The maximum Gasteiger partial charge on any atom is 0.473 e. The smallest absolute Gasteiger partial charge is 0.386 e. The molecule has 13 heteroatoms. The molecule has 5 N–H and O–H groups in total. The Morgan fingerprint density at radius 2 is 1.52 bits per heavy atom.